The van der Waals surface area contributed by atoms with Gasteiger partial charge in [-0.3, -0.25) is 9.59 Å². The first-order valence-electron chi connectivity index (χ1n) is 9.32. The van der Waals surface area contributed by atoms with Crippen molar-refractivity contribution in [2.24, 2.45) is 0 Å². The molecule has 2 amide bonds. The second-order valence-electron chi connectivity index (χ2n) is 6.65. The third kappa shape index (κ3) is 5.52. The van der Waals surface area contributed by atoms with Gasteiger partial charge in [-0.25, -0.2) is 0 Å². The van der Waals surface area contributed by atoms with Crippen molar-refractivity contribution in [3.63, 3.8) is 0 Å². The molecule has 2 aromatic carbocycles. The molecule has 0 bridgehead atoms. The van der Waals surface area contributed by atoms with Crippen LogP contribution in [0.4, 0.5) is 5.69 Å². The first kappa shape index (κ1) is 21.2. The lowest BCUT2D eigenvalue weighted by molar-refractivity contribution is -0.113. The highest BCUT2D eigenvalue weighted by Gasteiger charge is 2.14. The lowest BCUT2D eigenvalue weighted by atomic mass is 10.2. The molecule has 30 heavy (non-hydrogen) atoms. The summed E-state index contributed by atoms with van der Waals surface area (Å²) >= 11 is 1.29. The Balaban J connectivity index is 1.60. The van der Waals surface area contributed by atoms with Gasteiger partial charge in [0.1, 0.15) is 11.5 Å². The fourth-order valence-electron chi connectivity index (χ4n) is 2.92. The number of furan rings is 1. The SMILES string of the molecule is Cc1cc(CNC(=O)c2ccccc2SCC(=O)Nc2cccc(C#N)c2)c(C)o1. The third-order valence-corrected chi connectivity index (χ3v) is 5.42. The van der Waals surface area contributed by atoms with Gasteiger partial charge < -0.3 is 15.1 Å². The standard InChI is InChI=1S/C23H21N3O3S/c1-15-10-18(16(2)29-15)13-25-23(28)20-8-3-4-9-21(20)30-14-22(27)26-19-7-5-6-17(11-19)12-24/h3-11H,13-14H2,1-2H3,(H,25,28)(H,26,27). The zero-order valence-corrected chi connectivity index (χ0v) is 17.5. The molecule has 0 atom stereocenters. The Morgan fingerprint density at radius 2 is 1.90 bits per heavy atom. The van der Waals surface area contributed by atoms with Crippen molar-refractivity contribution in [3.05, 3.63) is 82.8 Å². The molecule has 0 fully saturated rings. The van der Waals surface area contributed by atoms with Crippen LogP contribution in [0.2, 0.25) is 0 Å². The number of hydrogen-bond donors (Lipinski definition) is 2. The van der Waals surface area contributed by atoms with E-state index in [-0.39, 0.29) is 17.6 Å². The minimum Gasteiger partial charge on any atom is -0.466 e. The molecule has 7 heteroatoms. The second kappa shape index (κ2) is 9.81. The summed E-state index contributed by atoms with van der Waals surface area (Å²) in [6.07, 6.45) is 0. The van der Waals surface area contributed by atoms with Gasteiger partial charge in [-0.1, -0.05) is 18.2 Å². The number of aryl methyl sites for hydroxylation is 2. The average molecular weight is 420 g/mol. The van der Waals surface area contributed by atoms with Crippen molar-refractivity contribution in [1.82, 2.24) is 5.32 Å². The Morgan fingerprint density at radius 1 is 1.10 bits per heavy atom. The Labute approximate surface area is 179 Å². The molecule has 6 nitrogen and oxygen atoms in total. The van der Waals surface area contributed by atoms with E-state index in [1.165, 1.54) is 11.8 Å². The maximum Gasteiger partial charge on any atom is 0.252 e. The molecule has 2 N–H and O–H groups in total. The van der Waals surface area contributed by atoms with Crippen LogP contribution in [0.25, 0.3) is 0 Å². The molecule has 1 heterocycles. The number of thioether (sulfide) groups is 1. The van der Waals surface area contributed by atoms with Crippen molar-refractivity contribution in [2.45, 2.75) is 25.3 Å². The van der Waals surface area contributed by atoms with E-state index in [9.17, 15) is 9.59 Å². The van der Waals surface area contributed by atoms with Gasteiger partial charge in [-0.2, -0.15) is 5.26 Å². The number of hydrogen-bond acceptors (Lipinski definition) is 5. The number of nitrogens with one attached hydrogen (secondary N) is 2. The van der Waals surface area contributed by atoms with E-state index in [2.05, 4.69) is 10.6 Å². The summed E-state index contributed by atoms with van der Waals surface area (Å²) in [7, 11) is 0. The Bertz CT molecular complexity index is 1110. The highest BCUT2D eigenvalue weighted by atomic mass is 32.2. The second-order valence-corrected chi connectivity index (χ2v) is 7.66. The quantitative estimate of drug-likeness (QED) is 0.553. The van der Waals surface area contributed by atoms with Crippen LogP contribution in [0, 0.1) is 25.2 Å². The third-order valence-electron chi connectivity index (χ3n) is 4.35. The van der Waals surface area contributed by atoms with Gasteiger partial charge in [0.25, 0.3) is 5.91 Å². The predicted octanol–water partition coefficient (Wildman–Crippen LogP) is 4.43. The number of nitrogens with zero attached hydrogens (tertiary/aromatic N) is 1. The van der Waals surface area contributed by atoms with Crippen LogP contribution in [0.15, 0.2) is 63.9 Å². The zero-order chi connectivity index (χ0) is 21.5. The van der Waals surface area contributed by atoms with Crippen molar-refractivity contribution < 1.29 is 14.0 Å². The van der Waals surface area contributed by atoms with Crippen molar-refractivity contribution >= 4 is 29.3 Å². The number of carbonyl (C=O) groups is 2. The molecule has 3 rings (SSSR count). The van der Waals surface area contributed by atoms with Gasteiger partial charge >= 0.3 is 0 Å². The largest absolute Gasteiger partial charge is 0.466 e. The van der Waals surface area contributed by atoms with E-state index in [4.69, 9.17) is 9.68 Å². The number of carbonyl (C=O) groups excluding carboxylic acids is 2. The summed E-state index contributed by atoms with van der Waals surface area (Å²) in [5.41, 5.74) is 2.49. The summed E-state index contributed by atoms with van der Waals surface area (Å²) in [5, 5.41) is 14.6. The van der Waals surface area contributed by atoms with Gasteiger partial charge in [-0.15, -0.1) is 11.8 Å². The van der Waals surface area contributed by atoms with Crippen LogP contribution < -0.4 is 10.6 Å². The van der Waals surface area contributed by atoms with Crippen LogP contribution in [0.3, 0.4) is 0 Å². The lowest BCUT2D eigenvalue weighted by Gasteiger charge is -2.10. The smallest absolute Gasteiger partial charge is 0.252 e. The molecule has 0 radical (unpaired) electrons. The van der Waals surface area contributed by atoms with Crippen LogP contribution in [-0.4, -0.2) is 17.6 Å². The summed E-state index contributed by atoms with van der Waals surface area (Å²) in [6.45, 7) is 4.10. The highest BCUT2D eigenvalue weighted by Crippen LogP contribution is 2.23. The Kier molecular flexibility index (Phi) is 6.94. The first-order valence-corrected chi connectivity index (χ1v) is 10.3. The molecule has 0 aliphatic heterocycles. The van der Waals surface area contributed by atoms with Gasteiger partial charge in [-0.05, 0) is 50.2 Å². The minimum absolute atomic E-state index is 0.140. The zero-order valence-electron chi connectivity index (χ0n) is 16.7. The number of anilines is 1. The van der Waals surface area contributed by atoms with Gasteiger partial charge in [0.05, 0.1) is 22.9 Å². The van der Waals surface area contributed by atoms with Gasteiger partial charge in [0.2, 0.25) is 5.91 Å². The Morgan fingerprint density at radius 3 is 2.63 bits per heavy atom. The van der Waals surface area contributed by atoms with E-state index in [0.29, 0.717) is 23.4 Å². The molecular formula is C23H21N3O3S. The van der Waals surface area contributed by atoms with Crippen molar-refractivity contribution in [3.8, 4) is 6.07 Å². The number of benzene rings is 2. The molecule has 0 unspecified atom stereocenters. The fraction of sp³-hybridized carbons (Fsp3) is 0.174. The fourth-order valence-corrected chi connectivity index (χ4v) is 3.77. The van der Waals surface area contributed by atoms with Gasteiger partial charge in [0.15, 0.2) is 0 Å². The van der Waals surface area contributed by atoms with E-state index >= 15 is 0 Å². The first-order chi connectivity index (χ1) is 14.5. The summed E-state index contributed by atoms with van der Waals surface area (Å²) < 4.78 is 5.49. The maximum atomic E-state index is 12.7. The number of rotatable bonds is 7. The molecule has 0 spiro atoms. The predicted molar refractivity (Wildman–Crippen MR) is 116 cm³/mol. The number of amides is 2. The molecule has 1 aromatic heterocycles. The van der Waals surface area contributed by atoms with Crippen LogP contribution >= 0.6 is 11.8 Å². The van der Waals surface area contributed by atoms with E-state index in [0.717, 1.165) is 22.0 Å². The molecule has 0 saturated heterocycles. The molecule has 152 valence electrons. The molecule has 0 aliphatic rings. The van der Waals surface area contributed by atoms with Crippen LogP contribution in [-0.2, 0) is 11.3 Å². The Hall–Kier alpha value is -3.50. The van der Waals surface area contributed by atoms with E-state index in [1.807, 2.05) is 38.1 Å². The van der Waals surface area contributed by atoms with E-state index in [1.54, 1.807) is 36.4 Å². The number of nitriles is 1. The molecule has 3 aromatic rings. The topological polar surface area (TPSA) is 95.1 Å². The maximum absolute atomic E-state index is 12.7. The summed E-state index contributed by atoms with van der Waals surface area (Å²) in [6, 6.07) is 17.8. The van der Waals surface area contributed by atoms with E-state index < -0.39 is 0 Å². The molecular weight excluding hydrogens is 398 g/mol. The monoisotopic (exact) mass is 419 g/mol. The normalized spacial score (nSPS) is 10.3. The lowest BCUT2D eigenvalue weighted by Crippen LogP contribution is -2.23. The molecule has 0 saturated carbocycles. The summed E-state index contributed by atoms with van der Waals surface area (Å²) in [5.74, 6) is 1.31. The summed E-state index contributed by atoms with van der Waals surface area (Å²) in [4.78, 5) is 25.7. The molecule has 0 aliphatic carbocycles. The highest BCUT2D eigenvalue weighted by molar-refractivity contribution is 8.00. The van der Waals surface area contributed by atoms with Crippen LogP contribution in [0.5, 0.6) is 0 Å². The minimum atomic E-state index is -0.213. The van der Waals surface area contributed by atoms with Crippen molar-refractivity contribution in [2.75, 3.05) is 11.1 Å². The van der Waals surface area contributed by atoms with Crippen molar-refractivity contribution in [1.29, 1.82) is 5.26 Å². The van der Waals surface area contributed by atoms with Gasteiger partial charge in [0, 0.05) is 22.7 Å². The average Bonchev–Trinajstić information content (AvgIpc) is 3.07. The van der Waals surface area contributed by atoms with Crippen LogP contribution in [0.1, 0.15) is 33.0 Å².